The maximum absolute atomic E-state index is 11.6. The van der Waals surface area contributed by atoms with Crippen LogP contribution in [0.5, 0.6) is 0 Å². The smallest absolute Gasteiger partial charge is 0.146 e. The highest BCUT2D eigenvalue weighted by Crippen LogP contribution is 2.13. The maximum atomic E-state index is 11.6. The highest BCUT2D eigenvalue weighted by Gasteiger charge is 2.04. The third-order valence-corrected chi connectivity index (χ3v) is 4.86. The number of carbonyl (C=O) groups is 1. The van der Waals surface area contributed by atoms with Gasteiger partial charge in [0.2, 0.25) is 0 Å². The van der Waals surface area contributed by atoms with Crippen molar-refractivity contribution in [2.75, 3.05) is 6.54 Å². The molecular weight excluding hydrogens is 308 g/mol. The zero-order valence-corrected chi connectivity index (χ0v) is 17.0. The predicted molar refractivity (Wildman–Crippen MR) is 108 cm³/mol. The molecule has 0 aliphatic rings. The minimum atomic E-state index is -0.231. The number of Topliss-reactive ketones (excluding diaryl/α,β-unsaturated/α-hetero) is 1. The van der Waals surface area contributed by atoms with E-state index in [2.05, 4.69) is 18.3 Å². The molecule has 0 saturated carbocycles. The van der Waals surface area contributed by atoms with Crippen molar-refractivity contribution in [1.82, 2.24) is 5.32 Å². The summed E-state index contributed by atoms with van der Waals surface area (Å²) < 4.78 is 0. The molecule has 0 radical (unpaired) electrons. The summed E-state index contributed by atoms with van der Waals surface area (Å²) in [5, 5.41) is 11.6. The number of unbranched alkanes of at least 4 members (excludes halogenated alkanes) is 14. The second-order valence-electron chi connectivity index (χ2n) is 7.47. The molecule has 0 heterocycles. The Labute approximate surface area is 157 Å². The zero-order chi connectivity index (χ0) is 18.6. The Hall–Kier alpha value is -0.880. The number of carbonyl (C=O) groups excluding carboxylic acids is 1. The van der Waals surface area contributed by atoms with Crippen LogP contribution in [0.25, 0.3) is 0 Å². The summed E-state index contributed by atoms with van der Waals surface area (Å²) in [6.07, 6.45) is 20.8. The summed E-state index contributed by atoms with van der Waals surface area (Å²) >= 11 is 0. The molecule has 0 fully saturated rings. The summed E-state index contributed by atoms with van der Waals surface area (Å²) in [7, 11) is 0. The summed E-state index contributed by atoms with van der Waals surface area (Å²) in [6.45, 7) is 4.39. The van der Waals surface area contributed by atoms with E-state index >= 15 is 0 Å². The van der Waals surface area contributed by atoms with E-state index in [4.69, 9.17) is 5.26 Å². The SMILES string of the molecule is CCCCCCCCCCCCCCCCCC(=O)CNC(C)C#N. The quantitative estimate of drug-likeness (QED) is 0.277. The third kappa shape index (κ3) is 19.3. The lowest BCUT2D eigenvalue weighted by Gasteiger charge is -2.05. The average Bonchev–Trinajstić information content (AvgIpc) is 2.62. The maximum Gasteiger partial charge on any atom is 0.146 e. The van der Waals surface area contributed by atoms with Gasteiger partial charge in [0.1, 0.15) is 5.78 Å². The second-order valence-corrected chi connectivity index (χ2v) is 7.47. The largest absolute Gasteiger partial charge is 0.298 e. The molecule has 146 valence electrons. The Kier molecular flexibility index (Phi) is 18.8. The first kappa shape index (κ1) is 24.1. The van der Waals surface area contributed by atoms with Gasteiger partial charge < -0.3 is 0 Å². The molecule has 1 atom stereocenters. The van der Waals surface area contributed by atoms with Crippen LogP contribution in [0.4, 0.5) is 0 Å². The lowest BCUT2D eigenvalue weighted by molar-refractivity contribution is -0.118. The second kappa shape index (κ2) is 19.4. The monoisotopic (exact) mass is 350 g/mol. The number of ketones is 1. The van der Waals surface area contributed by atoms with Crippen molar-refractivity contribution in [1.29, 1.82) is 5.26 Å². The van der Waals surface area contributed by atoms with E-state index in [1.165, 1.54) is 83.5 Å². The number of nitriles is 1. The topological polar surface area (TPSA) is 52.9 Å². The number of hydrogen-bond donors (Lipinski definition) is 1. The van der Waals surface area contributed by atoms with Gasteiger partial charge in [0.25, 0.3) is 0 Å². The van der Waals surface area contributed by atoms with Crippen LogP contribution in [0, 0.1) is 11.3 Å². The van der Waals surface area contributed by atoms with Gasteiger partial charge in [-0.05, 0) is 13.3 Å². The first-order valence-corrected chi connectivity index (χ1v) is 10.9. The van der Waals surface area contributed by atoms with Crippen LogP contribution >= 0.6 is 0 Å². The molecule has 0 rings (SSSR count). The van der Waals surface area contributed by atoms with Crippen LogP contribution in [0.15, 0.2) is 0 Å². The van der Waals surface area contributed by atoms with Gasteiger partial charge in [-0.2, -0.15) is 5.26 Å². The van der Waals surface area contributed by atoms with E-state index < -0.39 is 0 Å². The van der Waals surface area contributed by atoms with Crippen LogP contribution in [0.3, 0.4) is 0 Å². The molecular formula is C22H42N2O. The van der Waals surface area contributed by atoms with E-state index in [0.717, 1.165) is 12.8 Å². The fourth-order valence-electron chi connectivity index (χ4n) is 3.09. The van der Waals surface area contributed by atoms with Crippen LogP contribution < -0.4 is 5.32 Å². The van der Waals surface area contributed by atoms with E-state index in [1.54, 1.807) is 6.92 Å². The number of rotatable bonds is 19. The molecule has 0 saturated heterocycles. The van der Waals surface area contributed by atoms with Crippen molar-refractivity contribution in [3.05, 3.63) is 0 Å². The summed E-state index contributed by atoms with van der Waals surface area (Å²) in [5.41, 5.74) is 0. The fraction of sp³-hybridized carbons (Fsp3) is 0.909. The summed E-state index contributed by atoms with van der Waals surface area (Å²) in [5.74, 6) is 0.233. The Morgan fingerprint density at radius 2 is 1.20 bits per heavy atom. The Balaban J connectivity index is 3.14. The lowest BCUT2D eigenvalue weighted by atomic mass is 10.0. The Bertz CT molecular complexity index is 335. The van der Waals surface area contributed by atoms with Crippen molar-refractivity contribution in [2.45, 2.75) is 123 Å². The summed E-state index contributed by atoms with van der Waals surface area (Å²) in [6, 6.07) is 1.85. The van der Waals surface area contributed by atoms with Gasteiger partial charge in [-0.25, -0.2) is 0 Å². The van der Waals surface area contributed by atoms with Crippen molar-refractivity contribution >= 4 is 5.78 Å². The van der Waals surface area contributed by atoms with Crippen LogP contribution in [0.2, 0.25) is 0 Å². The van der Waals surface area contributed by atoms with Crippen molar-refractivity contribution in [3.8, 4) is 6.07 Å². The van der Waals surface area contributed by atoms with E-state index in [-0.39, 0.29) is 11.8 Å². The van der Waals surface area contributed by atoms with Crippen LogP contribution in [-0.2, 0) is 4.79 Å². The molecule has 0 aliphatic heterocycles. The van der Waals surface area contributed by atoms with Gasteiger partial charge in [0, 0.05) is 6.42 Å². The van der Waals surface area contributed by atoms with Crippen molar-refractivity contribution in [2.24, 2.45) is 0 Å². The van der Waals surface area contributed by atoms with Gasteiger partial charge in [0.05, 0.1) is 18.7 Å². The van der Waals surface area contributed by atoms with E-state index in [9.17, 15) is 4.79 Å². The van der Waals surface area contributed by atoms with Gasteiger partial charge in [0.15, 0.2) is 0 Å². The molecule has 0 aromatic rings. The van der Waals surface area contributed by atoms with Crippen molar-refractivity contribution < 1.29 is 4.79 Å². The molecule has 0 spiro atoms. The predicted octanol–water partition coefficient (Wildman–Crippen LogP) is 6.32. The molecule has 0 amide bonds. The first-order valence-electron chi connectivity index (χ1n) is 10.9. The molecule has 25 heavy (non-hydrogen) atoms. The normalized spacial score (nSPS) is 12.0. The van der Waals surface area contributed by atoms with Gasteiger partial charge in [-0.3, -0.25) is 10.1 Å². The minimum absolute atomic E-state index is 0.231. The highest BCUT2D eigenvalue weighted by molar-refractivity contribution is 5.80. The fourth-order valence-corrected chi connectivity index (χ4v) is 3.09. The van der Waals surface area contributed by atoms with E-state index in [1.807, 2.05) is 0 Å². The Morgan fingerprint density at radius 1 is 0.800 bits per heavy atom. The average molecular weight is 351 g/mol. The van der Waals surface area contributed by atoms with Crippen LogP contribution in [-0.4, -0.2) is 18.4 Å². The molecule has 3 nitrogen and oxygen atoms in total. The molecule has 1 N–H and O–H groups in total. The number of nitrogens with zero attached hydrogens (tertiary/aromatic N) is 1. The number of nitrogens with one attached hydrogen (secondary N) is 1. The van der Waals surface area contributed by atoms with Crippen molar-refractivity contribution in [3.63, 3.8) is 0 Å². The van der Waals surface area contributed by atoms with Gasteiger partial charge >= 0.3 is 0 Å². The van der Waals surface area contributed by atoms with E-state index in [0.29, 0.717) is 13.0 Å². The minimum Gasteiger partial charge on any atom is -0.298 e. The van der Waals surface area contributed by atoms with Gasteiger partial charge in [-0.1, -0.05) is 96.8 Å². The highest BCUT2D eigenvalue weighted by atomic mass is 16.1. The lowest BCUT2D eigenvalue weighted by Crippen LogP contribution is -2.30. The van der Waals surface area contributed by atoms with Gasteiger partial charge in [-0.15, -0.1) is 0 Å². The number of hydrogen-bond acceptors (Lipinski definition) is 3. The molecule has 3 heteroatoms. The molecule has 1 unspecified atom stereocenters. The molecule has 0 aliphatic carbocycles. The molecule has 0 bridgehead atoms. The Morgan fingerprint density at radius 3 is 1.60 bits per heavy atom. The third-order valence-electron chi connectivity index (χ3n) is 4.86. The molecule has 0 aromatic carbocycles. The molecule has 0 aromatic heterocycles. The van der Waals surface area contributed by atoms with Crippen LogP contribution in [0.1, 0.15) is 117 Å². The summed E-state index contributed by atoms with van der Waals surface area (Å²) in [4.78, 5) is 11.6. The standard InChI is InChI=1S/C22H42N2O/c1-3-4-5-6-7-8-9-10-11-12-13-14-15-16-17-18-22(25)20-24-21(2)19-23/h21,24H,3-18,20H2,1-2H3. The first-order chi connectivity index (χ1) is 12.2. The zero-order valence-electron chi connectivity index (χ0n) is 17.0.